The molecule has 27 heavy (non-hydrogen) atoms. The zero-order chi connectivity index (χ0) is 20.0. The van der Waals surface area contributed by atoms with Gasteiger partial charge in [-0.3, -0.25) is 14.4 Å². The summed E-state index contributed by atoms with van der Waals surface area (Å²) in [4.78, 5) is 35.3. The summed E-state index contributed by atoms with van der Waals surface area (Å²) in [5.41, 5.74) is 0.735. The lowest BCUT2D eigenvalue weighted by Crippen LogP contribution is -2.34. The minimum absolute atomic E-state index is 0.0770. The summed E-state index contributed by atoms with van der Waals surface area (Å²) >= 11 is 0. The van der Waals surface area contributed by atoms with E-state index in [0.717, 1.165) is 0 Å². The lowest BCUT2D eigenvalue weighted by molar-refractivity contribution is -0.123. The summed E-state index contributed by atoms with van der Waals surface area (Å²) in [6.07, 6.45) is -4.54. The maximum absolute atomic E-state index is 12.3. The van der Waals surface area contributed by atoms with Crippen molar-refractivity contribution in [2.24, 2.45) is 0 Å². The fourth-order valence-electron chi connectivity index (χ4n) is 2.17. The molecule has 0 radical (unpaired) electrons. The third-order valence-corrected chi connectivity index (χ3v) is 3.34. The van der Waals surface area contributed by atoms with Crippen LogP contribution in [0.4, 0.5) is 24.5 Å². The highest BCUT2D eigenvalue weighted by Crippen LogP contribution is 2.18. The maximum Gasteiger partial charge on any atom is 0.405 e. The summed E-state index contributed by atoms with van der Waals surface area (Å²) in [5, 5.41) is 6.81. The average molecular weight is 379 g/mol. The van der Waals surface area contributed by atoms with E-state index in [1.807, 2.05) is 0 Å². The first-order chi connectivity index (χ1) is 12.7. The van der Waals surface area contributed by atoms with E-state index in [1.54, 1.807) is 5.32 Å². The molecular weight excluding hydrogens is 363 g/mol. The fourth-order valence-corrected chi connectivity index (χ4v) is 2.17. The molecular formula is C18H16F3N3O3. The third kappa shape index (κ3) is 6.14. The molecule has 0 bridgehead atoms. The highest BCUT2D eigenvalue weighted by molar-refractivity contribution is 6.09. The number of alkyl halides is 3. The standard InChI is InChI=1S/C18H16F3N3O3/c1-11(25)23-13-8-6-12(7-9-13)16(26)24-15-5-3-2-4-14(15)17(27)22-10-18(19,20)21/h2-9H,10H2,1H3,(H,22,27)(H,23,25)(H,24,26). The van der Waals surface area contributed by atoms with Crippen LogP contribution in [-0.2, 0) is 4.79 Å². The third-order valence-electron chi connectivity index (χ3n) is 3.34. The van der Waals surface area contributed by atoms with Gasteiger partial charge in [-0.25, -0.2) is 0 Å². The van der Waals surface area contributed by atoms with Gasteiger partial charge in [0.2, 0.25) is 5.91 Å². The fraction of sp³-hybridized carbons (Fsp3) is 0.167. The van der Waals surface area contributed by atoms with Crippen molar-refractivity contribution in [1.29, 1.82) is 0 Å². The predicted octanol–water partition coefficient (Wildman–Crippen LogP) is 3.19. The molecule has 3 amide bonds. The van der Waals surface area contributed by atoms with E-state index in [-0.39, 0.29) is 22.7 Å². The highest BCUT2D eigenvalue weighted by Gasteiger charge is 2.28. The largest absolute Gasteiger partial charge is 0.405 e. The van der Waals surface area contributed by atoms with Crippen LogP contribution in [0.15, 0.2) is 48.5 Å². The number of amides is 3. The van der Waals surface area contributed by atoms with Gasteiger partial charge in [-0.1, -0.05) is 12.1 Å². The van der Waals surface area contributed by atoms with E-state index in [1.165, 1.54) is 55.5 Å². The second-order valence-corrected chi connectivity index (χ2v) is 5.56. The molecule has 0 heterocycles. The van der Waals surface area contributed by atoms with Gasteiger partial charge in [0.15, 0.2) is 0 Å². The maximum atomic E-state index is 12.3. The number of para-hydroxylation sites is 1. The zero-order valence-electron chi connectivity index (χ0n) is 14.2. The van der Waals surface area contributed by atoms with Crippen LogP contribution in [0.1, 0.15) is 27.6 Å². The normalized spacial score (nSPS) is 10.8. The second-order valence-electron chi connectivity index (χ2n) is 5.56. The molecule has 0 unspecified atom stereocenters. The summed E-state index contributed by atoms with van der Waals surface area (Å²) in [5.74, 6) is -1.77. The summed E-state index contributed by atoms with van der Waals surface area (Å²) in [7, 11) is 0. The van der Waals surface area contributed by atoms with Gasteiger partial charge >= 0.3 is 6.18 Å². The van der Waals surface area contributed by atoms with E-state index in [4.69, 9.17) is 0 Å². The first-order valence-corrected chi connectivity index (χ1v) is 7.79. The number of halogens is 3. The molecule has 0 aromatic heterocycles. The molecule has 6 nitrogen and oxygen atoms in total. The van der Waals surface area contributed by atoms with Crippen molar-refractivity contribution >= 4 is 29.1 Å². The number of hydrogen-bond acceptors (Lipinski definition) is 3. The predicted molar refractivity (Wildman–Crippen MR) is 93.5 cm³/mol. The second kappa shape index (κ2) is 8.35. The minimum Gasteiger partial charge on any atom is -0.343 e. The van der Waals surface area contributed by atoms with Crippen LogP contribution in [0, 0.1) is 0 Å². The molecule has 0 aliphatic heterocycles. The lowest BCUT2D eigenvalue weighted by atomic mass is 10.1. The van der Waals surface area contributed by atoms with Gasteiger partial charge in [-0.15, -0.1) is 0 Å². The molecule has 0 fully saturated rings. The van der Waals surface area contributed by atoms with Gasteiger partial charge in [-0.05, 0) is 36.4 Å². The van der Waals surface area contributed by atoms with Crippen molar-refractivity contribution in [2.75, 3.05) is 17.2 Å². The van der Waals surface area contributed by atoms with E-state index in [0.29, 0.717) is 5.69 Å². The molecule has 0 aliphatic rings. The molecule has 0 spiro atoms. The van der Waals surface area contributed by atoms with E-state index < -0.39 is 24.5 Å². The van der Waals surface area contributed by atoms with Crippen molar-refractivity contribution in [3.8, 4) is 0 Å². The number of hydrogen-bond donors (Lipinski definition) is 3. The van der Waals surface area contributed by atoms with Crippen LogP contribution in [0.25, 0.3) is 0 Å². The van der Waals surface area contributed by atoms with E-state index in [2.05, 4.69) is 10.6 Å². The Hall–Kier alpha value is -3.36. The van der Waals surface area contributed by atoms with Crippen LogP contribution in [0.5, 0.6) is 0 Å². The zero-order valence-corrected chi connectivity index (χ0v) is 14.2. The Balaban J connectivity index is 2.11. The Morgan fingerprint density at radius 2 is 1.52 bits per heavy atom. The molecule has 0 saturated heterocycles. The Bertz CT molecular complexity index is 849. The Morgan fingerprint density at radius 1 is 0.889 bits per heavy atom. The first-order valence-electron chi connectivity index (χ1n) is 7.79. The van der Waals surface area contributed by atoms with E-state index in [9.17, 15) is 27.6 Å². The smallest absolute Gasteiger partial charge is 0.343 e. The van der Waals surface area contributed by atoms with Crippen molar-refractivity contribution in [1.82, 2.24) is 5.32 Å². The van der Waals surface area contributed by atoms with E-state index >= 15 is 0 Å². The van der Waals surface area contributed by atoms with Crippen LogP contribution >= 0.6 is 0 Å². The Morgan fingerprint density at radius 3 is 2.11 bits per heavy atom. The summed E-state index contributed by atoms with van der Waals surface area (Å²) in [6.45, 7) is -0.125. The van der Waals surface area contributed by atoms with Crippen LogP contribution in [0.2, 0.25) is 0 Å². The number of carbonyl (C=O) groups is 3. The Kier molecular flexibility index (Phi) is 6.17. The van der Waals surface area contributed by atoms with Gasteiger partial charge in [0.05, 0.1) is 11.3 Å². The first kappa shape index (κ1) is 20.0. The molecule has 9 heteroatoms. The molecule has 2 rings (SSSR count). The van der Waals surface area contributed by atoms with Crippen molar-refractivity contribution in [3.05, 3.63) is 59.7 Å². The molecule has 2 aromatic carbocycles. The number of benzene rings is 2. The van der Waals surface area contributed by atoms with Crippen LogP contribution in [0.3, 0.4) is 0 Å². The average Bonchev–Trinajstić information content (AvgIpc) is 2.59. The van der Waals surface area contributed by atoms with Gasteiger partial charge in [-0.2, -0.15) is 13.2 Å². The summed E-state index contributed by atoms with van der Waals surface area (Å²) in [6, 6.07) is 11.7. The summed E-state index contributed by atoms with van der Waals surface area (Å²) < 4.78 is 36.8. The molecule has 142 valence electrons. The molecule has 0 atom stereocenters. The molecule has 0 saturated carbocycles. The van der Waals surface area contributed by atoms with Crippen LogP contribution < -0.4 is 16.0 Å². The van der Waals surface area contributed by atoms with Gasteiger partial charge in [0.1, 0.15) is 6.54 Å². The lowest BCUT2D eigenvalue weighted by Gasteiger charge is -2.13. The number of anilines is 2. The SMILES string of the molecule is CC(=O)Nc1ccc(C(=O)Nc2ccccc2C(=O)NCC(F)(F)F)cc1. The molecule has 0 aliphatic carbocycles. The number of nitrogens with one attached hydrogen (secondary N) is 3. The van der Waals surface area contributed by atoms with Gasteiger partial charge < -0.3 is 16.0 Å². The quantitative estimate of drug-likeness (QED) is 0.746. The number of rotatable bonds is 5. The number of carbonyl (C=O) groups excluding carboxylic acids is 3. The monoisotopic (exact) mass is 379 g/mol. The minimum atomic E-state index is -4.54. The molecule has 2 aromatic rings. The van der Waals surface area contributed by atoms with Gasteiger partial charge in [0, 0.05) is 18.2 Å². The van der Waals surface area contributed by atoms with Crippen molar-refractivity contribution < 1.29 is 27.6 Å². The van der Waals surface area contributed by atoms with Crippen molar-refractivity contribution in [3.63, 3.8) is 0 Å². The van der Waals surface area contributed by atoms with Crippen molar-refractivity contribution in [2.45, 2.75) is 13.1 Å². The Labute approximate surface area is 152 Å². The topological polar surface area (TPSA) is 87.3 Å². The van der Waals surface area contributed by atoms with Crippen LogP contribution in [-0.4, -0.2) is 30.4 Å². The molecule has 3 N–H and O–H groups in total. The highest BCUT2D eigenvalue weighted by atomic mass is 19.4. The van der Waals surface area contributed by atoms with Gasteiger partial charge in [0.25, 0.3) is 11.8 Å².